The SMILES string of the molecule is COc1ccc(/C(O)=C2\C(=O)C(=O)N(c3cccc(OC(F)(F)F)c3)C2c2cccc(C)c2)cc1. The van der Waals surface area contributed by atoms with Gasteiger partial charge >= 0.3 is 6.36 Å². The van der Waals surface area contributed by atoms with Crippen molar-refractivity contribution in [3.8, 4) is 11.5 Å². The molecule has 1 fully saturated rings. The third-order valence-electron chi connectivity index (χ3n) is 5.50. The Labute approximate surface area is 198 Å². The van der Waals surface area contributed by atoms with Crippen LogP contribution in [0.5, 0.6) is 11.5 Å². The van der Waals surface area contributed by atoms with Crippen molar-refractivity contribution in [2.75, 3.05) is 12.0 Å². The Morgan fingerprint density at radius 3 is 2.26 bits per heavy atom. The molecule has 3 aromatic carbocycles. The van der Waals surface area contributed by atoms with E-state index in [4.69, 9.17) is 4.74 Å². The summed E-state index contributed by atoms with van der Waals surface area (Å²) >= 11 is 0. The van der Waals surface area contributed by atoms with Crippen LogP contribution in [0.15, 0.2) is 78.4 Å². The number of carbonyl (C=O) groups excluding carboxylic acids is 2. The standard InChI is InChI=1S/C26H20F3NO5/c1-15-5-3-6-17(13-15)22-21(23(31)16-9-11-19(34-2)12-10-16)24(32)25(33)30(22)18-7-4-8-20(14-18)35-26(27,28)29/h3-14,22,31H,1-2H3/b23-21+. The van der Waals surface area contributed by atoms with Crippen LogP contribution >= 0.6 is 0 Å². The molecule has 0 aromatic heterocycles. The number of hydrogen-bond acceptors (Lipinski definition) is 5. The highest BCUT2D eigenvalue weighted by Gasteiger charge is 2.47. The first kappa shape index (κ1) is 23.9. The van der Waals surface area contributed by atoms with Gasteiger partial charge in [0.25, 0.3) is 11.7 Å². The van der Waals surface area contributed by atoms with Crippen LogP contribution < -0.4 is 14.4 Å². The number of rotatable bonds is 5. The Morgan fingerprint density at radius 1 is 0.943 bits per heavy atom. The summed E-state index contributed by atoms with van der Waals surface area (Å²) < 4.78 is 47.4. The summed E-state index contributed by atoms with van der Waals surface area (Å²) in [6, 6.07) is 16.9. The van der Waals surface area contributed by atoms with Gasteiger partial charge in [-0.15, -0.1) is 13.2 Å². The van der Waals surface area contributed by atoms with Gasteiger partial charge in [-0.2, -0.15) is 0 Å². The number of amides is 1. The fourth-order valence-electron chi connectivity index (χ4n) is 3.99. The van der Waals surface area contributed by atoms with Gasteiger partial charge in [-0.3, -0.25) is 14.5 Å². The molecule has 1 aliphatic heterocycles. The van der Waals surface area contributed by atoms with E-state index in [1.165, 1.54) is 31.4 Å². The lowest BCUT2D eigenvalue weighted by molar-refractivity contribution is -0.274. The van der Waals surface area contributed by atoms with E-state index in [1.807, 2.05) is 13.0 Å². The molecular weight excluding hydrogens is 463 g/mol. The molecule has 1 amide bonds. The maximum absolute atomic E-state index is 13.2. The Hall–Kier alpha value is -4.27. The number of alkyl halides is 3. The maximum Gasteiger partial charge on any atom is 0.573 e. The van der Waals surface area contributed by atoms with Crippen molar-refractivity contribution in [3.05, 3.63) is 95.1 Å². The van der Waals surface area contributed by atoms with Gasteiger partial charge in [-0.25, -0.2) is 0 Å². The van der Waals surface area contributed by atoms with Crippen LogP contribution in [0, 0.1) is 6.92 Å². The summed E-state index contributed by atoms with van der Waals surface area (Å²) in [7, 11) is 1.48. The van der Waals surface area contributed by atoms with Crippen LogP contribution in [0.1, 0.15) is 22.7 Å². The van der Waals surface area contributed by atoms with Crippen molar-refractivity contribution in [2.45, 2.75) is 19.3 Å². The zero-order valence-corrected chi connectivity index (χ0v) is 18.7. The van der Waals surface area contributed by atoms with Crippen molar-refractivity contribution < 1.29 is 37.3 Å². The van der Waals surface area contributed by atoms with Gasteiger partial charge in [0.05, 0.1) is 18.7 Å². The summed E-state index contributed by atoms with van der Waals surface area (Å²) in [5, 5.41) is 11.1. The Morgan fingerprint density at radius 2 is 1.63 bits per heavy atom. The number of methoxy groups -OCH3 is 1. The molecule has 3 aromatic rings. The number of Topliss-reactive ketones (excluding diaryl/α,β-unsaturated/α-hetero) is 1. The zero-order valence-electron chi connectivity index (χ0n) is 18.7. The normalized spacial score (nSPS) is 17.5. The highest BCUT2D eigenvalue weighted by molar-refractivity contribution is 6.51. The van der Waals surface area contributed by atoms with E-state index in [-0.39, 0.29) is 16.8 Å². The molecule has 0 saturated carbocycles. The number of aryl methyl sites for hydroxylation is 1. The van der Waals surface area contributed by atoms with Crippen LogP contribution in [-0.4, -0.2) is 30.3 Å². The molecule has 9 heteroatoms. The van der Waals surface area contributed by atoms with E-state index in [2.05, 4.69) is 4.74 Å². The monoisotopic (exact) mass is 483 g/mol. The molecule has 1 atom stereocenters. The first-order chi connectivity index (χ1) is 16.6. The lowest BCUT2D eigenvalue weighted by Crippen LogP contribution is -2.29. The molecule has 1 aliphatic rings. The van der Waals surface area contributed by atoms with Crippen LogP contribution in [0.2, 0.25) is 0 Å². The van der Waals surface area contributed by atoms with Crippen LogP contribution in [0.4, 0.5) is 18.9 Å². The molecule has 0 radical (unpaired) electrons. The van der Waals surface area contributed by atoms with E-state index in [0.29, 0.717) is 11.3 Å². The largest absolute Gasteiger partial charge is 0.573 e. The molecule has 1 unspecified atom stereocenters. The minimum atomic E-state index is -4.93. The zero-order chi connectivity index (χ0) is 25.3. The second-order valence-corrected chi connectivity index (χ2v) is 7.86. The molecule has 6 nitrogen and oxygen atoms in total. The van der Waals surface area contributed by atoms with E-state index in [9.17, 15) is 27.9 Å². The summed E-state index contributed by atoms with van der Waals surface area (Å²) in [6.45, 7) is 1.82. The highest BCUT2D eigenvalue weighted by Crippen LogP contribution is 2.43. The first-order valence-corrected chi connectivity index (χ1v) is 10.5. The fourth-order valence-corrected chi connectivity index (χ4v) is 3.99. The second-order valence-electron chi connectivity index (χ2n) is 7.86. The van der Waals surface area contributed by atoms with Crippen molar-refractivity contribution in [2.24, 2.45) is 0 Å². The Balaban J connectivity index is 1.89. The Kier molecular flexibility index (Phi) is 6.26. The lowest BCUT2D eigenvalue weighted by atomic mass is 9.94. The van der Waals surface area contributed by atoms with Crippen molar-refractivity contribution in [1.82, 2.24) is 0 Å². The van der Waals surface area contributed by atoms with Crippen molar-refractivity contribution in [3.63, 3.8) is 0 Å². The smallest absolute Gasteiger partial charge is 0.507 e. The number of aliphatic hydroxyl groups excluding tert-OH is 1. The average Bonchev–Trinajstić information content (AvgIpc) is 3.08. The van der Waals surface area contributed by atoms with Gasteiger partial charge < -0.3 is 14.6 Å². The molecule has 180 valence electrons. The fraction of sp³-hybridized carbons (Fsp3) is 0.154. The summed E-state index contributed by atoms with van der Waals surface area (Å²) in [4.78, 5) is 27.4. The van der Waals surface area contributed by atoms with E-state index in [1.54, 1.807) is 30.3 Å². The number of aliphatic hydroxyl groups is 1. The van der Waals surface area contributed by atoms with Crippen molar-refractivity contribution in [1.29, 1.82) is 0 Å². The summed E-state index contributed by atoms with van der Waals surface area (Å²) in [5.74, 6) is -2.39. The van der Waals surface area contributed by atoms with Crippen LogP contribution in [0.3, 0.4) is 0 Å². The molecule has 1 saturated heterocycles. The van der Waals surface area contributed by atoms with Gasteiger partial charge in [0.2, 0.25) is 0 Å². The number of anilines is 1. The number of halogens is 3. The predicted molar refractivity (Wildman–Crippen MR) is 122 cm³/mol. The lowest BCUT2D eigenvalue weighted by Gasteiger charge is -2.26. The third-order valence-corrected chi connectivity index (χ3v) is 5.50. The number of ketones is 1. The third kappa shape index (κ3) is 4.84. The van der Waals surface area contributed by atoms with Crippen molar-refractivity contribution >= 4 is 23.1 Å². The van der Waals surface area contributed by atoms with Gasteiger partial charge in [-0.05, 0) is 48.9 Å². The molecule has 1 heterocycles. The molecule has 0 aliphatic carbocycles. The molecular formula is C26H20F3NO5. The highest BCUT2D eigenvalue weighted by atomic mass is 19.4. The minimum Gasteiger partial charge on any atom is -0.507 e. The second kappa shape index (κ2) is 9.17. The molecule has 0 bridgehead atoms. The predicted octanol–water partition coefficient (Wildman–Crippen LogP) is 5.53. The van der Waals surface area contributed by atoms with E-state index in [0.717, 1.165) is 22.6 Å². The quantitative estimate of drug-likeness (QED) is 0.294. The van der Waals surface area contributed by atoms with Gasteiger partial charge in [-0.1, -0.05) is 35.9 Å². The molecule has 1 N–H and O–H groups in total. The van der Waals surface area contributed by atoms with Gasteiger partial charge in [0.15, 0.2) is 0 Å². The van der Waals surface area contributed by atoms with Crippen LogP contribution in [0.25, 0.3) is 5.76 Å². The first-order valence-electron chi connectivity index (χ1n) is 10.5. The maximum atomic E-state index is 13.2. The number of ether oxygens (including phenoxy) is 2. The number of carbonyl (C=O) groups is 2. The minimum absolute atomic E-state index is 0.00846. The molecule has 4 rings (SSSR count). The Bertz CT molecular complexity index is 1320. The number of hydrogen-bond donors (Lipinski definition) is 1. The molecule has 35 heavy (non-hydrogen) atoms. The van der Waals surface area contributed by atoms with E-state index >= 15 is 0 Å². The van der Waals surface area contributed by atoms with Crippen LogP contribution in [-0.2, 0) is 9.59 Å². The number of nitrogens with zero attached hydrogens (tertiary/aromatic N) is 1. The average molecular weight is 483 g/mol. The topological polar surface area (TPSA) is 76.1 Å². The summed E-state index contributed by atoms with van der Waals surface area (Å²) in [5.41, 5.74) is 1.42. The van der Waals surface area contributed by atoms with Gasteiger partial charge in [0, 0.05) is 17.3 Å². The molecule has 0 spiro atoms. The number of benzene rings is 3. The van der Waals surface area contributed by atoms with Gasteiger partial charge in [0.1, 0.15) is 17.3 Å². The van der Waals surface area contributed by atoms with E-state index < -0.39 is 35.6 Å². The summed E-state index contributed by atoms with van der Waals surface area (Å²) in [6.07, 6.45) is -4.93.